The molecule has 7 heteroatoms. The molecule has 0 bridgehead atoms. The molecule has 0 saturated heterocycles. The molecule has 2 rings (SSSR count). The lowest BCUT2D eigenvalue weighted by Gasteiger charge is -2.20. The molecule has 0 saturated carbocycles. The van der Waals surface area contributed by atoms with E-state index in [9.17, 15) is 4.79 Å². The van der Waals surface area contributed by atoms with Crippen molar-refractivity contribution in [3.8, 4) is 0 Å². The quantitative estimate of drug-likeness (QED) is 0.620. The van der Waals surface area contributed by atoms with Gasteiger partial charge in [-0.05, 0) is 31.5 Å². The summed E-state index contributed by atoms with van der Waals surface area (Å²) in [6.45, 7) is 6.22. The van der Waals surface area contributed by atoms with Crippen molar-refractivity contribution in [2.75, 3.05) is 23.4 Å². The molecule has 0 unspecified atom stereocenters. The van der Waals surface area contributed by atoms with E-state index in [0.717, 1.165) is 18.7 Å². The summed E-state index contributed by atoms with van der Waals surface area (Å²) in [5, 5.41) is 9.84. The molecule has 2 N–H and O–H groups in total. The number of benzene rings is 1. The monoisotopic (exact) mass is 286 g/mol. The zero-order valence-electron chi connectivity index (χ0n) is 12.1. The van der Waals surface area contributed by atoms with Gasteiger partial charge in [0.25, 0.3) is 0 Å². The number of H-pyrrole nitrogens is 1. The molecule has 1 aromatic heterocycles. The Hall–Kier alpha value is -2.70. The highest BCUT2D eigenvalue weighted by atomic mass is 16.1. The standard InChI is InChI=1S/C14H18N6O/c1-3-20(4-2)12-7-5-11(6-8-12)9-15-18-13-10-16-19-14(21)17-13/h5-10H,3-4H2,1-2H3,(H2,17,18,19,21). The van der Waals surface area contributed by atoms with Gasteiger partial charge in [0.05, 0.1) is 12.4 Å². The first kappa shape index (κ1) is 14.7. The van der Waals surface area contributed by atoms with Crippen molar-refractivity contribution in [3.63, 3.8) is 0 Å². The zero-order chi connectivity index (χ0) is 15.1. The fourth-order valence-corrected chi connectivity index (χ4v) is 1.90. The van der Waals surface area contributed by atoms with Gasteiger partial charge in [0.1, 0.15) is 0 Å². The molecule has 0 radical (unpaired) electrons. The van der Waals surface area contributed by atoms with E-state index in [0.29, 0.717) is 5.82 Å². The number of aromatic nitrogens is 3. The predicted molar refractivity (Wildman–Crippen MR) is 83.9 cm³/mol. The van der Waals surface area contributed by atoms with Gasteiger partial charge in [-0.3, -0.25) is 5.43 Å². The van der Waals surface area contributed by atoms with E-state index in [1.165, 1.54) is 11.9 Å². The second-order valence-electron chi connectivity index (χ2n) is 4.31. The number of rotatable bonds is 6. The van der Waals surface area contributed by atoms with Crippen molar-refractivity contribution in [1.29, 1.82) is 0 Å². The summed E-state index contributed by atoms with van der Waals surface area (Å²) < 4.78 is 0. The SMILES string of the molecule is CCN(CC)c1ccc(C=NNc2cn[nH]c(=O)n2)cc1. The van der Waals surface area contributed by atoms with Crippen LogP contribution < -0.4 is 16.0 Å². The Balaban J connectivity index is 2.00. The molecule has 0 aliphatic heterocycles. The molecule has 1 heterocycles. The third kappa shape index (κ3) is 4.13. The molecule has 0 amide bonds. The molecule has 0 spiro atoms. The molecule has 0 atom stereocenters. The van der Waals surface area contributed by atoms with Gasteiger partial charge in [-0.1, -0.05) is 12.1 Å². The van der Waals surface area contributed by atoms with Crippen molar-refractivity contribution in [2.24, 2.45) is 5.10 Å². The summed E-state index contributed by atoms with van der Waals surface area (Å²) in [6, 6.07) is 8.09. The van der Waals surface area contributed by atoms with Gasteiger partial charge in [0.15, 0.2) is 5.82 Å². The van der Waals surface area contributed by atoms with Gasteiger partial charge >= 0.3 is 5.69 Å². The summed E-state index contributed by atoms with van der Waals surface area (Å²) in [7, 11) is 0. The molecular formula is C14H18N6O. The Morgan fingerprint density at radius 3 is 2.62 bits per heavy atom. The van der Waals surface area contributed by atoms with Crippen molar-refractivity contribution in [3.05, 3.63) is 46.5 Å². The van der Waals surface area contributed by atoms with Crippen LogP contribution in [-0.4, -0.2) is 34.5 Å². The average Bonchev–Trinajstić information content (AvgIpc) is 2.50. The maximum Gasteiger partial charge on any atom is 0.363 e. The molecule has 0 aliphatic rings. The lowest BCUT2D eigenvalue weighted by Crippen LogP contribution is -2.21. The predicted octanol–water partition coefficient (Wildman–Crippen LogP) is 1.46. The van der Waals surface area contributed by atoms with Crippen LogP contribution >= 0.6 is 0 Å². The smallest absolute Gasteiger partial charge is 0.363 e. The van der Waals surface area contributed by atoms with E-state index < -0.39 is 5.69 Å². The van der Waals surface area contributed by atoms with Crippen LogP contribution in [0, 0.1) is 0 Å². The van der Waals surface area contributed by atoms with Gasteiger partial charge in [-0.2, -0.15) is 15.2 Å². The van der Waals surface area contributed by atoms with E-state index in [1.807, 2.05) is 12.1 Å². The molecule has 1 aromatic carbocycles. The molecule has 7 nitrogen and oxygen atoms in total. The van der Waals surface area contributed by atoms with E-state index in [2.05, 4.69) is 56.6 Å². The summed E-state index contributed by atoms with van der Waals surface area (Å²) in [5.74, 6) is 0.301. The number of hydrazone groups is 1. The lowest BCUT2D eigenvalue weighted by molar-refractivity contribution is 0.866. The van der Waals surface area contributed by atoms with Crippen molar-refractivity contribution >= 4 is 17.7 Å². The van der Waals surface area contributed by atoms with E-state index in [4.69, 9.17) is 0 Å². The minimum Gasteiger partial charge on any atom is -0.372 e. The van der Waals surface area contributed by atoms with Gasteiger partial charge in [0.2, 0.25) is 0 Å². The van der Waals surface area contributed by atoms with Gasteiger partial charge < -0.3 is 4.90 Å². The zero-order valence-corrected chi connectivity index (χ0v) is 12.1. The third-order valence-corrected chi connectivity index (χ3v) is 2.98. The molecule has 110 valence electrons. The summed E-state index contributed by atoms with van der Waals surface area (Å²) in [6.07, 6.45) is 3.05. The highest BCUT2D eigenvalue weighted by Crippen LogP contribution is 2.13. The van der Waals surface area contributed by atoms with Crippen LogP contribution in [0.3, 0.4) is 0 Å². The molecule has 2 aromatic rings. The van der Waals surface area contributed by atoms with Gasteiger partial charge in [-0.15, -0.1) is 0 Å². The Morgan fingerprint density at radius 1 is 1.29 bits per heavy atom. The lowest BCUT2D eigenvalue weighted by atomic mass is 10.2. The average molecular weight is 286 g/mol. The Morgan fingerprint density at radius 2 is 2.00 bits per heavy atom. The molecule has 21 heavy (non-hydrogen) atoms. The van der Waals surface area contributed by atoms with Crippen molar-refractivity contribution < 1.29 is 0 Å². The van der Waals surface area contributed by atoms with Crippen LogP contribution in [0.5, 0.6) is 0 Å². The van der Waals surface area contributed by atoms with Crippen LogP contribution in [0.2, 0.25) is 0 Å². The Bertz CT molecular complexity index is 645. The Kier molecular flexibility index (Phi) is 5.03. The van der Waals surface area contributed by atoms with Gasteiger partial charge in [0, 0.05) is 18.8 Å². The highest BCUT2D eigenvalue weighted by Gasteiger charge is 2.00. The largest absolute Gasteiger partial charge is 0.372 e. The summed E-state index contributed by atoms with van der Waals surface area (Å²) >= 11 is 0. The van der Waals surface area contributed by atoms with Crippen molar-refractivity contribution in [2.45, 2.75) is 13.8 Å². The number of anilines is 2. The summed E-state index contributed by atoms with van der Waals surface area (Å²) in [5.41, 5.74) is 4.28. The maximum absolute atomic E-state index is 11.0. The van der Waals surface area contributed by atoms with Crippen molar-refractivity contribution in [1.82, 2.24) is 15.2 Å². The maximum atomic E-state index is 11.0. The number of hydrogen-bond acceptors (Lipinski definition) is 6. The number of hydrogen-bond donors (Lipinski definition) is 2. The first-order valence-electron chi connectivity index (χ1n) is 6.78. The molecular weight excluding hydrogens is 268 g/mol. The van der Waals surface area contributed by atoms with Crippen LogP contribution in [0.4, 0.5) is 11.5 Å². The van der Waals surface area contributed by atoms with E-state index in [1.54, 1.807) is 6.21 Å². The van der Waals surface area contributed by atoms with E-state index >= 15 is 0 Å². The fourth-order valence-electron chi connectivity index (χ4n) is 1.90. The van der Waals surface area contributed by atoms with E-state index in [-0.39, 0.29) is 0 Å². The van der Waals surface area contributed by atoms with Crippen LogP contribution in [0.1, 0.15) is 19.4 Å². The minimum atomic E-state index is -0.515. The minimum absolute atomic E-state index is 0.301. The van der Waals surface area contributed by atoms with Crippen LogP contribution in [0.25, 0.3) is 0 Å². The number of nitrogens with one attached hydrogen (secondary N) is 2. The Labute approximate surface area is 122 Å². The molecule has 0 fully saturated rings. The first-order chi connectivity index (χ1) is 10.2. The fraction of sp³-hybridized carbons (Fsp3) is 0.286. The second kappa shape index (κ2) is 7.18. The number of nitrogens with zero attached hydrogens (tertiary/aromatic N) is 4. The molecule has 0 aliphatic carbocycles. The first-order valence-corrected chi connectivity index (χ1v) is 6.78. The normalized spacial score (nSPS) is 10.8. The summed E-state index contributed by atoms with van der Waals surface area (Å²) in [4.78, 5) is 16.9. The third-order valence-electron chi connectivity index (χ3n) is 2.98. The highest BCUT2D eigenvalue weighted by molar-refractivity contribution is 5.80. The topological polar surface area (TPSA) is 86.3 Å². The van der Waals surface area contributed by atoms with Crippen LogP contribution in [-0.2, 0) is 0 Å². The van der Waals surface area contributed by atoms with Crippen LogP contribution in [0.15, 0.2) is 40.4 Å². The number of aromatic amines is 1. The van der Waals surface area contributed by atoms with Gasteiger partial charge in [-0.25, -0.2) is 9.89 Å². The second-order valence-corrected chi connectivity index (χ2v) is 4.31.